The van der Waals surface area contributed by atoms with Gasteiger partial charge in [0.05, 0.1) is 0 Å². The Balaban J connectivity index is 2.55. The molecule has 0 bridgehead atoms. The molecule has 0 spiro atoms. The van der Waals surface area contributed by atoms with Crippen LogP contribution in [0.3, 0.4) is 0 Å². The van der Waals surface area contributed by atoms with Crippen molar-refractivity contribution in [3.05, 3.63) is 16.3 Å². The van der Waals surface area contributed by atoms with Crippen molar-refractivity contribution in [1.29, 1.82) is 0 Å². The number of hydrogen-bond acceptors (Lipinski definition) is 4. The molecule has 0 amide bonds. The molecule has 0 saturated heterocycles. The van der Waals surface area contributed by atoms with Crippen molar-refractivity contribution in [3.8, 4) is 0 Å². The van der Waals surface area contributed by atoms with Crippen LogP contribution < -0.4 is 5.32 Å². The fraction of sp³-hybridized carbons (Fsp3) is 0.600. The van der Waals surface area contributed by atoms with Crippen LogP contribution in [0.2, 0.25) is 5.15 Å². The molecule has 0 aromatic carbocycles. The average Bonchev–Trinajstić information content (AvgIpc) is 2.23. The SMILES string of the molecule is Cc1c(Cl)nnc(NCCCS(C)=O)c1C. The van der Waals surface area contributed by atoms with Gasteiger partial charge >= 0.3 is 0 Å². The smallest absolute Gasteiger partial charge is 0.155 e. The minimum atomic E-state index is -0.734. The number of nitrogens with zero attached hydrogens (tertiary/aromatic N) is 2. The highest BCUT2D eigenvalue weighted by Crippen LogP contribution is 2.20. The van der Waals surface area contributed by atoms with Gasteiger partial charge < -0.3 is 5.32 Å². The van der Waals surface area contributed by atoms with E-state index in [9.17, 15) is 4.21 Å². The lowest BCUT2D eigenvalue weighted by Gasteiger charge is -2.09. The Bertz CT molecular complexity index is 398. The van der Waals surface area contributed by atoms with Gasteiger partial charge in [-0.05, 0) is 31.4 Å². The Kier molecular flexibility index (Phi) is 5.15. The zero-order valence-corrected chi connectivity index (χ0v) is 11.3. The summed E-state index contributed by atoms with van der Waals surface area (Å²) in [5.74, 6) is 1.45. The molecule has 0 aliphatic carbocycles. The molecule has 16 heavy (non-hydrogen) atoms. The van der Waals surface area contributed by atoms with Gasteiger partial charge in [-0.25, -0.2) is 0 Å². The lowest BCUT2D eigenvalue weighted by molar-refractivity contribution is 0.685. The van der Waals surface area contributed by atoms with Gasteiger partial charge in [-0.15, -0.1) is 10.2 Å². The Labute approximate surface area is 103 Å². The molecule has 1 rings (SSSR count). The van der Waals surface area contributed by atoms with E-state index < -0.39 is 10.8 Å². The number of hydrogen-bond donors (Lipinski definition) is 1. The number of nitrogens with one attached hydrogen (secondary N) is 1. The Morgan fingerprint density at radius 3 is 2.62 bits per heavy atom. The van der Waals surface area contributed by atoms with Crippen LogP contribution in [0, 0.1) is 13.8 Å². The van der Waals surface area contributed by atoms with Crippen molar-refractivity contribution >= 4 is 28.2 Å². The molecular weight excluding hydrogens is 246 g/mol. The van der Waals surface area contributed by atoms with E-state index in [0.29, 0.717) is 10.9 Å². The normalized spacial score (nSPS) is 12.5. The van der Waals surface area contributed by atoms with Crippen molar-refractivity contribution in [2.24, 2.45) is 0 Å². The fourth-order valence-electron chi connectivity index (χ4n) is 1.23. The van der Waals surface area contributed by atoms with Crippen LogP contribution in [0.4, 0.5) is 5.82 Å². The summed E-state index contributed by atoms with van der Waals surface area (Å²) in [7, 11) is -0.734. The van der Waals surface area contributed by atoms with Crippen LogP contribution in [-0.2, 0) is 10.8 Å². The van der Waals surface area contributed by atoms with Crippen molar-refractivity contribution in [2.75, 3.05) is 23.9 Å². The molecule has 0 aliphatic heterocycles. The first-order chi connectivity index (χ1) is 7.52. The standard InChI is InChI=1S/C10H16ClN3OS/c1-7-8(2)10(14-13-9(7)11)12-5-4-6-16(3)15/h4-6H2,1-3H3,(H,12,14). The van der Waals surface area contributed by atoms with Gasteiger partial charge in [-0.3, -0.25) is 4.21 Å². The van der Waals surface area contributed by atoms with Crippen molar-refractivity contribution in [3.63, 3.8) is 0 Å². The largest absolute Gasteiger partial charge is 0.368 e. The van der Waals surface area contributed by atoms with Crippen LogP contribution in [0.5, 0.6) is 0 Å². The molecule has 6 heteroatoms. The average molecular weight is 262 g/mol. The van der Waals surface area contributed by atoms with E-state index in [4.69, 9.17) is 11.6 Å². The second-order valence-electron chi connectivity index (χ2n) is 3.65. The molecule has 0 radical (unpaired) electrons. The molecule has 1 heterocycles. The Hall–Kier alpha value is -0.680. The predicted octanol–water partition coefficient (Wildman–Crippen LogP) is 1.93. The molecule has 90 valence electrons. The molecule has 1 unspecified atom stereocenters. The highest BCUT2D eigenvalue weighted by molar-refractivity contribution is 7.84. The summed E-state index contributed by atoms with van der Waals surface area (Å²) in [5.41, 5.74) is 1.95. The summed E-state index contributed by atoms with van der Waals surface area (Å²) >= 11 is 5.85. The minimum Gasteiger partial charge on any atom is -0.368 e. The number of rotatable bonds is 5. The van der Waals surface area contributed by atoms with E-state index in [1.54, 1.807) is 6.26 Å². The summed E-state index contributed by atoms with van der Waals surface area (Å²) in [4.78, 5) is 0. The Morgan fingerprint density at radius 2 is 2.00 bits per heavy atom. The zero-order chi connectivity index (χ0) is 12.1. The monoisotopic (exact) mass is 261 g/mol. The fourth-order valence-corrected chi connectivity index (χ4v) is 1.96. The van der Waals surface area contributed by atoms with E-state index in [-0.39, 0.29) is 0 Å². The lowest BCUT2D eigenvalue weighted by Crippen LogP contribution is -2.10. The summed E-state index contributed by atoms with van der Waals surface area (Å²) in [6, 6.07) is 0. The van der Waals surface area contributed by atoms with E-state index in [2.05, 4.69) is 15.5 Å². The van der Waals surface area contributed by atoms with Gasteiger partial charge in [0.1, 0.15) is 0 Å². The van der Waals surface area contributed by atoms with E-state index >= 15 is 0 Å². The second kappa shape index (κ2) is 6.15. The van der Waals surface area contributed by atoms with Gasteiger partial charge in [0, 0.05) is 29.4 Å². The molecular formula is C10H16ClN3OS. The first kappa shape index (κ1) is 13.4. The van der Waals surface area contributed by atoms with Gasteiger partial charge in [-0.1, -0.05) is 11.6 Å². The summed E-state index contributed by atoms with van der Waals surface area (Å²) in [6.07, 6.45) is 2.56. The molecule has 0 aliphatic rings. The minimum absolute atomic E-state index is 0.442. The van der Waals surface area contributed by atoms with Crippen LogP contribution in [-0.4, -0.2) is 33.0 Å². The maximum Gasteiger partial charge on any atom is 0.155 e. The van der Waals surface area contributed by atoms with Crippen molar-refractivity contribution in [1.82, 2.24) is 10.2 Å². The highest BCUT2D eigenvalue weighted by Gasteiger charge is 2.07. The first-order valence-electron chi connectivity index (χ1n) is 5.05. The van der Waals surface area contributed by atoms with Gasteiger partial charge in [-0.2, -0.15) is 0 Å². The van der Waals surface area contributed by atoms with Gasteiger partial charge in [0.15, 0.2) is 11.0 Å². The van der Waals surface area contributed by atoms with Crippen molar-refractivity contribution < 1.29 is 4.21 Å². The molecule has 0 saturated carbocycles. The van der Waals surface area contributed by atoms with E-state index in [1.807, 2.05) is 13.8 Å². The maximum absolute atomic E-state index is 10.9. The summed E-state index contributed by atoms with van der Waals surface area (Å²) < 4.78 is 10.9. The third-order valence-corrected chi connectivity index (χ3v) is 3.59. The highest BCUT2D eigenvalue weighted by atomic mass is 35.5. The number of halogens is 1. The van der Waals surface area contributed by atoms with E-state index in [0.717, 1.165) is 29.9 Å². The second-order valence-corrected chi connectivity index (χ2v) is 5.56. The summed E-state index contributed by atoms with van der Waals surface area (Å²) in [6.45, 7) is 4.62. The number of anilines is 1. The molecule has 1 aromatic heterocycles. The van der Waals surface area contributed by atoms with Crippen LogP contribution in [0.1, 0.15) is 17.5 Å². The molecule has 0 fully saturated rings. The first-order valence-corrected chi connectivity index (χ1v) is 7.16. The van der Waals surface area contributed by atoms with Gasteiger partial charge in [0.2, 0.25) is 0 Å². The zero-order valence-electron chi connectivity index (χ0n) is 9.71. The topological polar surface area (TPSA) is 54.9 Å². The van der Waals surface area contributed by atoms with E-state index in [1.165, 1.54) is 0 Å². The third-order valence-electron chi connectivity index (χ3n) is 2.37. The van der Waals surface area contributed by atoms with Crippen LogP contribution in [0.25, 0.3) is 0 Å². The molecule has 4 nitrogen and oxygen atoms in total. The van der Waals surface area contributed by atoms with Crippen LogP contribution in [0.15, 0.2) is 0 Å². The van der Waals surface area contributed by atoms with Gasteiger partial charge in [0.25, 0.3) is 0 Å². The number of aromatic nitrogens is 2. The molecule has 1 atom stereocenters. The third kappa shape index (κ3) is 3.72. The quantitative estimate of drug-likeness (QED) is 0.823. The van der Waals surface area contributed by atoms with Crippen LogP contribution >= 0.6 is 11.6 Å². The van der Waals surface area contributed by atoms with Crippen molar-refractivity contribution in [2.45, 2.75) is 20.3 Å². The Morgan fingerprint density at radius 1 is 1.31 bits per heavy atom. The predicted molar refractivity (Wildman–Crippen MR) is 68.6 cm³/mol. The summed E-state index contributed by atoms with van der Waals surface area (Å²) in [5, 5.41) is 11.4. The maximum atomic E-state index is 10.9. The molecule has 1 aromatic rings. The molecule has 1 N–H and O–H groups in total. The lowest BCUT2D eigenvalue weighted by atomic mass is 10.2.